The molecule has 0 fully saturated rings. The lowest BCUT2D eigenvalue weighted by atomic mass is 10.1. The molecule has 0 aliphatic heterocycles. The predicted molar refractivity (Wildman–Crippen MR) is 83.0 cm³/mol. The van der Waals surface area contributed by atoms with E-state index in [1.807, 2.05) is 0 Å². The van der Waals surface area contributed by atoms with Gasteiger partial charge in [-0.05, 0) is 6.42 Å². The highest BCUT2D eigenvalue weighted by Gasteiger charge is 1.92. The zero-order valence-corrected chi connectivity index (χ0v) is 13.1. The van der Waals surface area contributed by atoms with Gasteiger partial charge in [0.1, 0.15) is 0 Å². The SMILES string of the molecule is CC(N)=O.CCCCCCCCCCCCCCO. The van der Waals surface area contributed by atoms with Crippen LogP contribution in [0.4, 0.5) is 0 Å². The van der Waals surface area contributed by atoms with E-state index in [9.17, 15) is 4.79 Å². The summed E-state index contributed by atoms with van der Waals surface area (Å²) < 4.78 is 0. The van der Waals surface area contributed by atoms with Gasteiger partial charge in [0.05, 0.1) is 0 Å². The smallest absolute Gasteiger partial charge is 0.214 e. The highest BCUT2D eigenvalue weighted by molar-refractivity contribution is 5.70. The van der Waals surface area contributed by atoms with E-state index < -0.39 is 0 Å². The highest BCUT2D eigenvalue weighted by atomic mass is 16.2. The molecule has 0 saturated carbocycles. The van der Waals surface area contributed by atoms with Crippen molar-refractivity contribution in [2.75, 3.05) is 6.61 Å². The fraction of sp³-hybridized carbons (Fsp3) is 0.938. The summed E-state index contributed by atoms with van der Waals surface area (Å²) in [7, 11) is 0. The Labute approximate surface area is 120 Å². The van der Waals surface area contributed by atoms with Crippen molar-refractivity contribution in [1.82, 2.24) is 0 Å². The number of unbranched alkanes of at least 4 members (excludes halogenated alkanes) is 11. The third kappa shape index (κ3) is 31.8. The van der Waals surface area contributed by atoms with Crippen molar-refractivity contribution < 1.29 is 9.90 Å². The minimum atomic E-state index is -0.333. The molecular formula is C16H35NO2. The van der Waals surface area contributed by atoms with Crippen molar-refractivity contribution in [2.24, 2.45) is 5.73 Å². The second-order valence-electron chi connectivity index (χ2n) is 5.22. The number of aliphatic hydroxyl groups is 1. The molecule has 0 aliphatic rings. The summed E-state index contributed by atoms with van der Waals surface area (Å²) in [5.41, 5.74) is 4.47. The van der Waals surface area contributed by atoms with Crippen LogP contribution in [0.15, 0.2) is 0 Å². The van der Waals surface area contributed by atoms with Crippen molar-refractivity contribution in [2.45, 2.75) is 90.9 Å². The van der Waals surface area contributed by atoms with Crippen LogP contribution in [0.1, 0.15) is 90.9 Å². The molecule has 0 aliphatic carbocycles. The maximum absolute atomic E-state index is 9.22. The first-order valence-corrected chi connectivity index (χ1v) is 8.02. The zero-order valence-electron chi connectivity index (χ0n) is 13.1. The minimum Gasteiger partial charge on any atom is -0.396 e. The van der Waals surface area contributed by atoms with Crippen LogP contribution in [0.5, 0.6) is 0 Å². The lowest BCUT2D eigenvalue weighted by molar-refractivity contribution is -0.115. The van der Waals surface area contributed by atoms with Gasteiger partial charge in [0, 0.05) is 13.5 Å². The molecule has 0 heterocycles. The Hall–Kier alpha value is -0.570. The zero-order chi connectivity index (χ0) is 14.8. The number of rotatable bonds is 12. The molecule has 3 heteroatoms. The van der Waals surface area contributed by atoms with E-state index in [1.165, 1.54) is 77.6 Å². The molecule has 3 N–H and O–H groups in total. The lowest BCUT2D eigenvalue weighted by Gasteiger charge is -2.01. The molecule has 0 spiro atoms. The number of hydrogen-bond acceptors (Lipinski definition) is 2. The maximum atomic E-state index is 9.22. The van der Waals surface area contributed by atoms with E-state index in [4.69, 9.17) is 5.11 Å². The fourth-order valence-electron chi connectivity index (χ4n) is 1.95. The van der Waals surface area contributed by atoms with Crippen LogP contribution >= 0.6 is 0 Å². The molecule has 0 unspecified atom stereocenters. The fourth-order valence-corrected chi connectivity index (χ4v) is 1.95. The van der Waals surface area contributed by atoms with Gasteiger partial charge >= 0.3 is 0 Å². The Morgan fingerprint density at radius 3 is 1.32 bits per heavy atom. The molecule has 0 aromatic heterocycles. The second kappa shape index (κ2) is 19.8. The predicted octanol–water partition coefficient (Wildman–Crippen LogP) is 4.17. The van der Waals surface area contributed by atoms with E-state index in [1.54, 1.807) is 0 Å². The molecule has 0 aromatic carbocycles. The van der Waals surface area contributed by atoms with Gasteiger partial charge in [-0.2, -0.15) is 0 Å². The largest absolute Gasteiger partial charge is 0.396 e. The monoisotopic (exact) mass is 273 g/mol. The van der Waals surface area contributed by atoms with Crippen LogP contribution in [0.2, 0.25) is 0 Å². The molecule has 0 aromatic rings. The second-order valence-corrected chi connectivity index (χ2v) is 5.22. The van der Waals surface area contributed by atoms with Gasteiger partial charge in [0.25, 0.3) is 0 Å². The third-order valence-electron chi connectivity index (χ3n) is 3.01. The third-order valence-corrected chi connectivity index (χ3v) is 3.01. The number of nitrogens with two attached hydrogens (primary N) is 1. The minimum absolute atomic E-state index is 0.333. The van der Waals surface area contributed by atoms with Gasteiger partial charge in [0.15, 0.2) is 0 Å². The summed E-state index contributed by atoms with van der Waals surface area (Å²) in [5, 5.41) is 8.61. The molecule has 0 rings (SSSR count). The van der Waals surface area contributed by atoms with Crippen molar-refractivity contribution in [1.29, 1.82) is 0 Å². The Morgan fingerprint density at radius 2 is 1.05 bits per heavy atom. The first-order valence-electron chi connectivity index (χ1n) is 8.02. The van der Waals surface area contributed by atoms with E-state index in [-0.39, 0.29) is 5.91 Å². The molecule has 116 valence electrons. The molecule has 19 heavy (non-hydrogen) atoms. The summed E-state index contributed by atoms with van der Waals surface area (Å²) in [5.74, 6) is -0.333. The van der Waals surface area contributed by atoms with Crippen LogP contribution in [0.3, 0.4) is 0 Å². The normalized spacial score (nSPS) is 9.84. The van der Waals surface area contributed by atoms with E-state index in [2.05, 4.69) is 12.7 Å². The van der Waals surface area contributed by atoms with Crippen molar-refractivity contribution in [3.8, 4) is 0 Å². The molecule has 0 saturated heterocycles. The molecular weight excluding hydrogens is 238 g/mol. The van der Waals surface area contributed by atoms with Gasteiger partial charge in [-0.1, -0.05) is 77.6 Å². The Balaban J connectivity index is 0. The Kier molecular flexibility index (Phi) is 21.6. The highest BCUT2D eigenvalue weighted by Crippen LogP contribution is 2.11. The van der Waals surface area contributed by atoms with Crippen LogP contribution in [-0.2, 0) is 4.79 Å². The van der Waals surface area contributed by atoms with E-state index in [0.29, 0.717) is 6.61 Å². The van der Waals surface area contributed by atoms with Crippen LogP contribution < -0.4 is 5.73 Å². The Morgan fingerprint density at radius 1 is 0.789 bits per heavy atom. The Bertz CT molecular complexity index is 156. The van der Waals surface area contributed by atoms with Crippen LogP contribution in [0.25, 0.3) is 0 Å². The molecule has 1 amide bonds. The van der Waals surface area contributed by atoms with Gasteiger partial charge in [-0.25, -0.2) is 0 Å². The molecule has 0 bridgehead atoms. The molecule has 3 nitrogen and oxygen atoms in total. The first-order chi connectivity index (χ1) is 9.15. The van der Waals surface area contributed by atoms with Gasteiger partial charge in [0.2, 0.25) is 5.91 Å². The number of primary amides is 1. The number of aliphatic hydroxyl groups excluding tert-OH is 1. The summed E-state index contributed by atoms with van der Waals surface area (Å²) in [6.07, 6.45) is 16.2. The molecule has 0 atom stereocenters. The van der Waals surface area contributed by atoms with Crippen LogP contribution in [0, 0.1) is 0 Å². The average Bonchev–Trinajstić information content (AvgIpc) is 2.35. The number of amides is 1. The summed E-state index contributed by atoms with van der Waals surface area (Å²) in [4.78, 5) is 9.22. The van der Waals surface area contributed by atoms with Crippen LogP contribution in [-0.4, -0.2) is 17.6 Å². The van der Waals surface area contributed by atoms with Gasteiger partial charge in [-0.15, -0.1) is 0 Å². The maximum Gasteiger partial charge on any atom is 0.214 e. The number of carbonyl (C=O) groups excluding carboxylic acids is 1. The van der Waals surface area contributed by atoms with Crippen molar-refractivity contribution in [3.63, 3.8) is 0 Å². The number of carbonyl (C=O) groups is 1. The van der Waals surface area contributed by atoms with Crippen molar-refractivity contribution in [3.05, 3.63) is 0 Å². The quantitative estimate of drug-likeness (QED) is 0.524. The van der Waals surface area contributed by atoms with Gasteiger partial charge < -0.3 is 10.8 Å². The average molecular weight is 273 g/mol. The topological polar surface area (TPSA) is 63.3 Å². The lowest BCUT2D eigenvalue weighted by Crippen LogP contribution is -2.01. The number of hydrogen-bond donors (Lipinski definition) is 2. The summed E-state index contributed by atoms with van der Waals surface area (Å²) in [6, 6.07) is 0. The van der Waals surface area contributed by atoms with Crippen molar-refractivity contribution >= 4 is 5.91 Å². The summed E-state index contributed by atoms with van der Waals surface area (Å²) >= 11 is 0. The standard InChI is InChI=1S/C14H30O.C2H5NO/c1-2-3-4-5-6-7-8-9-10-11-12-13-14-15;1-2(3)4/h15H,2-14H2,1H3;1H3,(H2,3,4). The van der Waals surface area contributed by atoms with E-state index in [0.717, 1.165) is 6.42 Å². The first kappa shape index (κ1) is 20.7. The summed E-state index contributed by atoms with van der Waals surface area (Å²) in [6.45, 7) is 3.95. The van der Waals surface area contributed by atoms with Gasteiger partial charge in [-0.3, -0.25) is 4.79 Å². The van der Waals surface area contributed by atoms with E-state index >= 15 is 0 Å². The molecule has 0 radical (unpaired) electrons.